The lowest BCUT2D eigenvalue weighted by Crippen LogP contribution is -2.20. The lowest BCUT2D eigenvalue weighted by molar-refractivity contribution is 0.265. The van der Waals surface area contributed by atoms with Crippen LogP contribution in [0, 0.1) is 6.92 Å². The standard InChI is InChI=1S/C9H13N5O2/c1-5-11-7(6(3-10)4-15)2-8-12-13-9(16)14(5)8/h2,6,15H,3-4,10H2,1H3,(H,13,16). The lowest BCUT2D eigenvalue weighted by atomic mass is 10.1. The maximum atomic E-state index is 11.4. The first-order chi connectivity index (χ1) is 7.67. The van der Waals surface area contributed by atoms with Crippen LogP contribution in [0.15, 0.2) is 10.9 Å². The van der Waals surface area contributed by atoms with E-state index < -0.39 is 0 Å². The van der Waals surface area contributed by atoms with E-state index in [4.69, 9.17) is 10.8 Å². The third-order valence-electron chi connectivity index (χ3n) is 2.51. The normalized spacial score (nSPS) is 13.2. The quantitative estimate of drug-likeness (QED) is 0.603. The molecule has 2 rings (SSSR count). The van der Waals surface area contributed by atoms with Crippen LogP contribution in [-0.4, -0.2) is 37.8 Å². The van der Waals surface area contributed by atoms with Gasteiger partial charge in [0.2, 0.25) is 0 Å². The molecule has 1 unspecified atom stereocenters. The van der Waals surface area contributed by atoms with Gasteiger partial charge in [-0.05, 0) is 6.92 Å². The topological polar surface area (TPSA) is 109 Å². The number of fused-ring (bicyclic) bond motifs is 1. The molecule has 86 valence electrons. The maximum Gasteiger partial charge on any atom is 0.349 e. The number of hydrogen-bond donors (Lipinski definition) is 3. The monoisotopic (exact) mass is 223 g/mol. The summed E-state index contributed by atoms with van der Waals surface area (Å²) in [6.07, 6.45) is 0. The third kappa shape index (κ3) is 1.59. The van der Waals surface area contributed by atoms with Gasteiger partial charge in [0.1, 0.15) is 5.82 Å². The zero-order valence-electron chi connectivity index (χ0n) is 8.84. The van der Waals surface area contributed by atoms with Crippen molar-refractivity contribution in [2.24, 2.45) is 5.73 Å². The van der Waals surface area contributed by atoms with Crippen LogP contribution in [-0.2, 0) is 0 Å². The Bertz CT molecular complexity index is 555. The number of hydrogen-bond acceptors (Lipinski definition) is 5. The molecular formula is C9H13N5O2. The third-order valence-corrected chi connectivity index (χ3v) is 2.51. The fourth-order valence-electron chi connectivity index (χ4n) is 1.62. The van der Waals surface area contributed by atoms with Crippen molar-refractivity contribution >= 4 is 5.65 Å². The van der Waals surface area contributed by atoms with Crippen LogP contribution in [0.1, 0.15) is 17.4 Å². The summed E-state index contributed by atoms with van der Waals surface area (Å²) < 4.78 is 1.37. The van der Waals surface area contributed by atoms with Gasteiger partial charge in [0.25, 0.3) is 0 Å². The first-order valence-electron chi connectivity index (χ1n) is 4.93. The van der Waals surface area contributed by atoms with Crippen molar-refractivity contribution in [1.82, 2.24) is 19.6 Å². The number of aromatic amines is 1. The summed E-state index contributed by atoms with van der Waals surface area (Å²) in [5.41, 5.74) is 6.33. The Hall–Kier alpha value is -1.73. The highest BCUT2D eigenvalue weighted by atomic mass is 16.3. The molecule has 0 aliphatic carbocycles. The first kappa shape index (κ1) is 10.8. The minimum absolute atomic E-state index is 0.0756. The van der Waals surface area contributed by atoms with Gasteiger partial charge in [-0.15, -0.1) is 0 Å². The molecule has 4 N–H and O–H groups in total. The van der Waals surface area contributed by atoms with Crippen LogP contribution < -0.4 is 11.4 Å². The van der Waals surface area contributed by atoms with E-state index in [9.17, 15) is 4.79 Å². The molecule has 2 aromatic rings. The van der Waals surface area contributed by atoms with Crippen LogP contribution >= 0.6 is 0 Å². The molecule has 2 aromatic heterocycles. The molecule has 1 atom stereocenters. The molecule has 0 bridgehead atoms. The Morgan fingerprint density at radius 3 is 3.06 bits per heavy atom. The van der Waals surface area contributed by atoms with E-state index in [1.807, 2.05) is 0 Å². The number of aliphatic hydroxyl groups is 1. The van der Waals surface area contributed by atoms with Gasteiger partial charge in [-0.25, -0.2) is 19.3 Å². The molecule has 0 aliphatic rings. The highest BCUT2D eigenvalue weighted by Crippen LogP contribution is 2.13. The molecule has 2 heterocycles. The predicted molar refractivity (Wildman–Crippen MR) is 57.2 cm³/mol. The Kier molecular flexibility index (Phi) is 2.71. The number of nitrogens with two attached hydrogens (primary N) is 1. The van der Waals surface area contributed by atoms with E-state index in [-0.39, 0.29) is 18.2 Å². The second-order valence-corrected chi connectivity index (χ2v) is 3.57. The largest absolute Gasteiger partial charge is 0.396 e. The number of aliphatic hydroxyl groups excluding tert-OH is 1. The molecule has 0 fully saturated rings. The molecule has 0 amide bonds. The lowest BCUT2D eigenvalue weighted by Gasteiger charge is -2.11. The van der Waals surface area contributed by atoms with Crippen molar-refractivity contribution in [3.8, 4) is 0 Å². The Balaban J connectivity index is 2.62. The molecule has 7 heteroatoms. The van der Waals surface area contributed by atoms with E-state index in [2.05, 4.69) is 15.2 Å². The molecule has 0 aliphatic heterocycles. The second kappa shape index (κ2) is 4.03. The summed E-state index contributed by atoms with van der Waals surface area (Å²) in [6.45, 7) is 1.93. The Morgan fingerprint density at radius 2 is 2.44 bits per heavy atom. The zero-order valence-corrected chi connectivity index (χ0v) is 8.84. The van der Waals surface area contributed by atoms with Crippen molar-refractivity contribution in [1.29, 1.82) is 0 Å². The van der Waals surface area contributed by atoms with Crippen molar-refractivity contribution < 1.29 is 5.11 Å². The number of aromatic nitrogens is 4. The fourth-order valence-corrected chi connectivity index (χ4v) is 1.62. The summed E-state index contributed by atoms with van der Waals surface area (Å²) in [6, 6.07) is 1.65. The number of H-pyrrole nitrogens is 1. The van der Waals surface area contributed by atoms with Gasteiger partial charge in [-0.1, -0.05) is 0 Å². The Morgan fingerprint density at radius 1 is 1.69 bits per heavy atom. The average Bonchev–Trinajstić information content (AvgIpc) is 2.62. The van der Waals surface area contributed by atoms with E-state index in [0.29, 0.717) is 23.7 Å². The minimum Gasteiger partial charge on any atom is -0.396 e. The van der Waals surface area contributed by atoms with Crippen molar-refractivity contribution in [3.63, 3.8) is 0 Å². The predicted octanol–water partition coefficient (Wildman–Crippen LogP) is -1.24. The van der Waals surface area contributed by atoms with E-state index in [1.165, 1.54) is 4.40 Å². The SMILES string of the molecule is Cc1nc(C(CN)CO)cc2n[nH]c(=O)n12. The molecular weight excluding hydrogens is 210 g/mol. The van der Waals surface area contributed by atoms with Crippen LogP contribution in [0.3, 0.4) is 0 Å². The first-order valence-corrected chi connectivity index (χ1v) is 4.93. The average molecular weight is 223 g/mol. The van der Waals surface area contributed by atoms with E-state index in [0.717, 1.165) is 0 Å². The molecule has 7 nitrogen and oxygen atoms in total. The number of nitrogens with one attached hydrogen (secondary N) is 1. The maximum absolute atomic E-state index is 11.4. The summed E-state index contributed by atoms with van der Waals surface area (Å²) in [7, 11) is 0. The zero-order chi connectivity index (χ0) is 11.7. The van der Waals surface area contributed by atoms with Gasteiger partial charge in [0, 0.05) is 18.5 Å². The number of nitrogens with zero attached hydrogens (tertiary/aromatic N) is 3. The molecule has 0 spiro atoms. The summed E-state index contributed by atoms with van der Waals surface area (Å²) in [5.74, 6) is 0.300. The molecule has 0 aromatic carbocycles. The number of aryl methyl sites for hydroxylation is 1. The fraction of sp³-hybridized carbons (Fsp3) is 0.444. The second-order valence-electron chi connectivity index (χ2n) is 3.57. The summed E-state index contributed by atoms with van der Waals surface area (Å²) in [5, 5.41) is 15.3. The molecule has 0 saturated heterocycles. The van der Waals surface area contributed by atoms with Crippen LogP contribution in [0.4, 0.5) is 0 Å². The minimum atomic E-state index is -0.320. The van der Waals surface area contributed by atoms with Gasteiger partial charge < -0.3 is 10.8 Å². The van der Waals surface area contributed by atoms with Crippen molar-refractivity contribution in [2.45, 2.75) is 12.8 Å². The Labute approximate surface area is 90.9 Å². The van der Waals surface area contributed by atoms with E-state index in [1.54, 1.807) is 13.0 Å². The van der Waals surface area contributed by atoms with Gasteiger partial charge in [0.15, 0.2) is 5.65 Å². The molecule has 0 radical (unpaired) electrons. The van der Waals surface area contributed by atoms with Crippen molar-refractivity contribution in [2.75, 3.05) is 13.2 Å². The highest BCUT2D eigenvalue weighted by molar-refractivity contribution is 5.39. The van der Waals surface area contributed by atoms with Crippen LogP contribution in [0.25, 0.3) is 5.65 Å². The van der Waals surface area contributed by atoms with E-state index >= 15 is 0 Å². The molecule has 16 heavy (non-hydrogen) atoms. The smallest absolute Gasteiger partial charge is 0.349 e. The number of rotatable bonds is 3. The van der Waals surface area contributed by atoms with Gasteiger partial charge in [0.05, 0.1) is 12.3 Å². The summed E-state index contributed by atoms with van der Waals surface area (Å²) >= 11 is 0. The highest BCUT2D eigenvalue weighted by Gasteiger charge is 2.13. The van der Waals surface area contributed by atoms with Crippen LogP contribution in [0.2, 0.25) is 0 Å². The summed E-state index contributed by atoms with van der Waals surface area (Å²) in [4.78, 5) is 15.6. The van der Waals surface area contributed by atoms with Crippen LogP contribution in [0.5, 0.6) is 0 Å². The van der Waals surface area contributed by atoms with Gasteiger partial charge in [-0.2, -0.15) is 5.10 Å². The van der Waals surface area contributed by atoms with Gasteiger partial charge in [-0.3, -0.25) is 0 Å². The van der Waals surface area contributed by atoms with Gasteiger partial charge >= 0.3 is 5.69 Å². The van der Waals surface area contributed by atoms with Crippen molar-refractivity contribution in [3.05, 3.63) is 28.1 Å². The molecule has 0 saturated carbocycles.